The zero-order valence-electron chi connectivity index (χ0n) is 14.3. The van der Waals surface area contributed by atoms with E-state index in [1.54, 1.807) is 18.2 Å². The first-order valence-corrected chi connectivity index (χ1v) is 10.2. The summed E-state index contributed by atoms with van der Waals surface area (Å²) in [6, 6.07) is 16.7. The summed E-state index contributed by atoms with van der Waals surface area (Å²) in [6.07, 6.45) is 1.51. The third kappa shape index (κ3) is 3.83. The molecule has 0 radical (unpaired) electrons. The van der Waals surface area contributed by atoms with E-state index in [4.69, 9.17) is 4.42 Å². The summed E-state index contributed by atoms with van der Waals surface area (Å²) in [7, 11) is 0. The van der Waals surface area contributed by atoms with Gasteiger partial charge in [-0.25, -0.2) is 0 Å². The van der Waals surface area contributed by atoms with Crippen LogP contribution in [0.2, 0.25) is 0 Å². The third-order valence-electron chi connectivity index (χ3n) is 4.11. The van der Waals surface area contributed by atoms with Crippen LogP contribution in [-0.2, 0) is 9.59 Å². The van der Waals surface area contributed by atoms with E-state index in [0.717, 1.165) is 27.4 Å². The van der Waals surface area contributed by atoms with Crippen molar-refractivity contribution >= 4 is 73.9 Å². The molecule has 0 bridgehead atoms. The van der Waals surface area contributed by atoms with Crippen molar-refractivity contribution in [1.82, 2.24) is 4.90 Å². The van der Waals surface area contributed by atoms with Gasteiger partial charge in [0.15, 0.2) is 3.77 Å². The molecule has 8 heteroatoms. The Labute approximate surface area is 178 Å². The van der Waals surface area contributed by atoms with E-state index in [1.165, 1.54) is 6.08 Å². The quantitative estimate of drug-likeness (QED) is 0.411. The van der Waals surface area contributed by atoms with Gasteiger partial charge in [-0.3, -0.25) is 19.3 Å². The molecular formula is C20H13IN2O4S. The van der Waals surface area contributed by atoms with E-state index >= 15 is 0 Å². The minimum absolute atomic E-state index is 0.230. The highest BCUT2D eigenvalue weighted by molar-refractivity contribution is 14.1. The number of anilines is 1. The Balaban J connectivity index is 1.49. The number of imide groups is 1. The van der Waals surface area contributed by atoms with Crippen LogP contribution >= 0.6 is 34.4 Å². The Hall–Kier alpha value is -2.59. The highest BCUT2D eigenvalue weighted by atomic mass is 127. The normalized spacial score (nSPS) is 15.6. The van der Waals surface area contributed by atoms with Crippen LogP contribution in [0.4, 0.5) is 10.5 Å². The molecule has 0 atom stereocenters. The number of nitrogens with one attached hydrogen (secondary N) is 1. The SMILES string of the molecule is O=C(CN1C(=O)S/C(=C\c2ccc(I)o2)C1=O)Nc1cccc2ccccc12. The third-order valence-corrected chi connectivity index (χ3v) is 5.59. The fraction of sp³-hybridized carbons (Fsp3) is 0.0500. The molecule has 0 spiro atoms. The van der Waals surface area contributed by atoms with E-state index in [0.29, 0.717) is 15.2 Å². The van der Waals surface area contributed by atoms with Crippen molar-refractivity contribution < 1.29 is 18.8 Å². The zero-order chi connectivity index (χ0) is 19.7. The van der Waals surface area contributed by atoms with Crippen molar-refractivity contribution in [2.24, 2.45) is 0 Å². The first-order valence-electron chi connectivity index (χ1n) is 8.29. The number of fused-ring (bicyclic) bond motifs is 1. The van der Waals surface area contributed by atoms with Crippen molar-refractivity contribution in [3.63, 3.8) is 0 Å². The molecular weight excluding hydrogens is 491 g/mol. The molecule has 6 nitrogen and oxygen atoms in total. The van der Waals surface area contributed by atoms with Crippen LogP contribution in [0.3, 0.4) is 0 Å². The largest absolute Gasteiger partial charge is 0.451 e. The van der Waals surface area contributed by atoms with Gasteiger partial charge >= 0.3 is 0 Å². The number of amides is 3. The van der Waals surface area contributed by atoms with Crippen molar-refractivity contribution in [2.75, 3.05) is 11.9 Å². The predicted octanol–water partition coefficient (Wildman–Crippen LogP) is 4.71. The fourth-order valence-electron chi connectivity index (χ4n) is 2.84. The Morgan fingerprint density at radius 2 is 1.89 bits per heavy atom. The number of furan rings is 1. The van der Waals surface area contributed by atoms with E-state index in [9.17, 15) is 14.4 Å². The Bertz CT molecular complexity index is 1130. The average molecular weight is 504 g/mol. The monoisotopic (exact) mass is 504 g/mol. The smallest absolute Gasteiger partial charge is 0.294 e. The molecule has 1 aliphatic rings. The molecule has 140 valence electrons. The maximum atomic E-state index is 12.5. The molecule has 0 saturated carbocycles. The number of thioether (sulfide) groups is 1. The number of halogens is 1. The van der Waals surface area contributed by atoms with Crippen molar-refractivity contribution in [3.05, 3.63) is 69.0 Å². The van der Waals surface area contributed by atoms with Crippen LogP contribution in [0, 0.1) is 3.77 Å². The highest BCUT2D eigenvalue weighted by Gasteiger charge is 2.36. The summed E-state index contributed by atoms with van der Waals surface area (Å²) in [4.78, 5) is 38.4. The van der Waals surface area contributed by atoms with Crippen molar-refractivity contribution in [2.45, 2.75) is 0 Å². The lowest BCUT2D eigenvalue weighted by molar-refractivity contribution is -0.127. The standard InChI is InChI=1S/C20H13IN2O4S/c21-17-9-8-13(27-17)10-16-19(25)23(20(26)28-16)11-18(24)22-15-7-3-5-12-4-1-2-6-14(12)15/h1-10H,11H2,(H,22,24)/b16-10-. The van der Waals surface area contributed by atoms with E-state index in [-0.39, 0.29) is 11.4 Å². The number of carbonyl (C=O) groups excluding carboxylic acids is 3. The van der Waals surface area contributed by atoms with Crippen LogP contribution in [-0.4, -0.2) is 28.5 Å². The van der Waals surface area contributed by atoms with Gasteiger partial charge in [-0.15, -0.1) is 0 Å². The summed E-state index contributed by atoms with van der Waals surface area (Å²) in [5.74, 6) is -0.461. The molecule has 2 heterocycles. The number of hydrogen-bond donors (Lipinski definition) is 1. The number of nitrogens with zero attached hydrogens (tertiary/aromatic N) is 1. The van der Waals surface area contributed by atoms with E-state index in [1.807, 2.05) is 59.0 Å². The highest BCUT2D eigenvalue weighted by Crippen LogP contribution is 2.32. The van der Waals surface area contributed by atoms with Gasteiger partial charge in [-0.2, -0.15) is 0 Å². The maximum Gasteiger partial charge on any atom is 0.294 e. The first-order chi connectivity index (χ1) is 13.5. The summed E-state index contributed by atoms with van der Waals surface area (Å²) in [6.45, 7) is -0.346. The Kier molecular flexibility index (Phi) is 5.23. The average Bonchev–Trinajstić information content (AvgIpc) is 3.20. The second-order valence-corrected chi connectivity index (χ2v) is 8.04. The van der Waals surface area contributed by atoms with Gasteiger partial charge in [0.05, 0.1) is 4.91 Å². The predicted molar refractivity (Wildman–Crippen MR) is 117 cm³/mol. The van der Waals surface area contributed by atoms with Gasteiger partial charge in [0.25, 0.3) is 11.1 Å². The number of hydrogen-bond acceptors (Lipinski definition) is 5. The van der Waals surface area contributed by atoms with Crippen LogP contribution in [0.25, 0.3) is 16.8 Å². The second-order valence-electron chi connectivity index (χ2n) is 5.98. The molecule has 2 aromatic carbocycles. The minimum Gasteiger partial charge on any atom is -0.451 e. The van der Waals surface area contributed by atoms with E-state index < -0.39 is 17.1 Å². The summed E-state index contributed by atoms with van der Waals surface area (Å²) in [5, 5.41) is 4.18. The molecule has 1 N–H and O–H groups in total. The second kappa shape index (κ2) is 7.80. The van der Waals surface area contributed by atoms with Gasteiger partial charge < -0.3 is 9.73 Å². The van der Waals surface area contributed by atoms with Crippen molar-refractivity contribution in [1.29, 1.82) is 0 Å². The van der Waals surface area contributed by atoms with Crippen LogP contribution in [0.5, 0.6) is 0 Å². The molecule has 1 aromatic heterocycles. The van der Waals surface area contributed by atoms with Crippen molar-refractivity contribution in [3.8, 4) is 0 Å². The molecule has 0 aliphatic carbocycles. The van der Waals surface area contributed by atoms with Gasteiger partial charge in [0, 0.05) is 17.1 Å². The molecule has 3 aromatic rings. The molecule has 1 saturated heterocycles. The minimum atomic E-state index is -0.505. The first kappa shape index (κ1) is 18.8. The fourth-order valence-corrected chi connectivity index (χ4v) is 4.09. The lowest BCUT2D eigenvalue weighted by Crippen LogP contribution is -2.36. The summed E-state index contributed by atoms with van der Waals surface area (Å²) in [5.41, 5.74) is 0.635. The molecule has 3 amide bonds. The number of carbonyl (C=O) groups is 3. The molecule has 28 heavy (non-hydrogen) atoms. The van der Waals surface area contributed by atoms with Crippen LogP contribution < -0.4 is 5.32 Å². The van der Waals surface area contributed by atoms with Crippen LogP contribution in [0.1, 0.15) is 5.76 Å². The lowest BCUT2D eigenvalue weighted by Gasteiger charge is -2.13. The molecule has 1 fully saturated rings. The Morgan fingerprint density at radius 1 is 1.11 bits per heavy atom. The summed E-state index contributed by atoms with van der Waals surface area (Å²) < 4.78 is 6.08. The van der Waals surface area contributed by atoms with Gasteiger partial charge in [-0.05, 0) is 57.9 Å². The Morgan fingerprint density at radius 3 is 2.68 bits per heavy atom. The molecule has 1 aliphatic heterocycles. The van der Waals surface area contributed by atoms with Gasteiger partial charge in [0.2, 0.25) is 5.91 Å². The van der Waals surface area contributed by atoms with Gasteiger partial charge in [0.1, 0.15) is 12.3 Å². The summed E-state index contributed by atoms with van der Waals surface area (Å²) >= 11 is 2.81. The lowest BCUT2D eigenvalue weighted by atomic mass is 10.1. The number of rotatable bonds is 4. The topological polar surface area (TPSA) is 79.6 Å². The molecule has 0 unspecified atom stereocenters. The zero-order valence-corrected chi connectivity index (χ0v) is 17.3. The van der Waals surface area contributed by atoms with E-state index in [2.05, 4.69) is 5.32 Å². The van der Waals surface area contributed by atoms with Crippen LogP contribution in [0.15, 0.2) is 63.9 Å². The van der Waals surface area contributed by atoms with Gasteiger partial charge in [-0.1, -0.05) is 36.4 Å². The maximum absolute atomic E-state index is 12.5. The molecule has 4 rings (SSSR count). The number of benzene rings is 2.